The number of fused-ring (bicyclic) bond motifs is 1. The molecule has 0 aromatic carbocycles. The topological polar surface area (TPSA) is 83.4 Å². The quantitative estimate of drug-likeness (QED) is 0.320. The van der Waals surface area contributed by atoms with E-state index >= 15 is 0 Å². The summed E-state index contributed by atoms with van der Waals surface area (Å²) in [5.41, 5.74) is 4.80. The lowest BCUT2D eigenvalue weighted by molar-refractivity contribution is 0.0526. The van der Waals surface area contributed by atoms with Crippen LogP contribution in [-0.2, 0) is 11.2 Å². The average molecular weight is 488 g/mol. The van der Waals surface area contributed by atoms with Crippen molar-refractivity contribution < 1.29 is 19.0 Å². The Morgan fingerprint density at radius 1 is 0.943 bits per heavy atom. The molecular formula is C27H25N3O4S. The molecule has 5 rings (SSSR count). The van der Waals surface area contributed by atoms with Gasteiger partial charge in [-0.15, -0.1) is 11.3 Å². The lowest BCUT2D eigenvalue weighted by Gasteiger charge is -2.16. The molecule has 7 nitrogen and oxygen atoms in total. The molecule has 4 aromatic rings. The van der Waals surface area contributed by atoms with Crippen LogP contribution in [0, 0.1) is 6.92 Å². The van der Waals surface area contributed by atoms with Gasteiger partial charge in [-0.25, -0.2) is 14.8 Å². The second-order valence-corrected chi connectivity index (χ2v) is 9.23. The highest BCUT2D eigenvalue weighted by molar-refractivity contribution is 7.16. The van der Waals surface area contributed by atoms with Crippen molar-refractivity contribution in [3.05, 3.63) is 64.7 Å². The zero-order valence-corrected chi connectivity index (χ0v) is 20.6. The zero-order valence-electron chi connectivity index (χ0n) is 19.8. The molecule has 0 bridgehead atoms. The van der Waals surface area contributed by atoms with E-state index in [1.165, 1.54) is 0 Å². The minimum atomic E-state index is -0.409. The van der Waals surface area contributed by atoms with Crippen molar-refractivity contribution in [1.29, 1.82) is 0 Å². The van der Waals surface area contributed by atoms with Crippen LogP contribution in [0.25, 0.3) is 33.3 Å². The van der Waals surface area contributed by atoms with Crippen LogP contribution in [0.1, 0.15) is 34.6 Å². The van der Waals surface area contributed by atoms with E-state index in [1.807, 2.05) is 37.3 Å². The molecule has 0 radical (unpaired) electrons. The molecule has 5 heterocycles. The molecular weight excluding hydrogens is 462 g/mol. The summed E-state index contributed by atoms with van der Waals surface area (Å²) in [4.78, 5) is 28.8. The van der Waals surface area contributed by atoms with Gasteiger partial charge in [-0.3, -0.25) is 4.98 Å². The predicted octanol–water partition coefficient (Wildman–Crippen LogP) is 5.75. The van der Waals surface area contributed by atoms with Crippen LogP contribution in [0.5, 0.6) is 11.5 Å². The number of rotatable bonds is 6. The highest BCUT2D eigenvalue weighted by atomic mass is 32.1. The number of thiophene rings is 1. The number of hydrogen-bond acceptors (Lipinski definition) is 8. The van der Waals surface area contributed by atoms with E-state index in [4.69, 9.17) is 24.2 Å². The highest BCUT2D eigenvalue weighted by Gasteiger charge is 2.24. The Labute approximate surface area is 207 Å². The van der Waals surface area contributed by atoms with E-state index in [1.54, 1.807) is 36.6 Å². The minimum absolute atomic E-state index is 0.286. The molecule has 8 heteroatoms. The Hall–Kier alpha value is -3.78. The van der Waals surface area contributed by atoms with Gasteiger partial charge in [0.1, 0.15) is 13.2 Å². The smallest absolute Gasteiger partial charge is 0.338 e. The van der Waals surface area contributed by atoms with Gasteiger partial charge in [0.2, 0.25) is 0 Å². The molecule has 35 heavy (non-hydrogen) atoms. The van der Waals surface area contributed by atoms with Gasteiger partial charge in [0, 0.05) is 11.1 Å². The first kappa shape index (κ1) is 23.0. The van der Waals surface area contributed by atoms with E-state index in [0.29, 0.717) is 41.6 Å². The third-order valence-electron chi connectivity index (χ3n) is 5.64. The average Bonchev–Trinajstić information content (AvgIpc) is 3.25. The monoisotopic (exact) mass is 487 g/mol. The SMILES string of the molecule is CCOC(=O)c1cc(-c2cc(CC)ccn2)nc(-c2cccc(-c3sc(C)c4c3OCCO4)n2)c1. The van der Waals surface area contributed by atoms with Crippen LogP contribution < -0.4 is 9.47 Å². The molecule has 0 unspecified atom stereocenters. The van der Waals surface area contributed by atoms with Gasteiger partial charge >= 0.3 is 5.97 Å². The van der Waals surface area contributed by atoms with Crippen LogP contribution in [0.4, 0.5) is 0 Å². The second-order valence-electron chi connectivity index (χ2n) is 8.00. The van der Waals surface area contributed by atoms with Crippen LogP contribution >= 0.6 is 11.3 Å². The standard InChI is InChI=1S/C27H25N3O4S/c1-4-17-9-10-28-21(13-17)23-15-18(27(31)32-5-2)14-22(30-23)19-7-6-8-20(29-19)26-25-24(16(3)35-26)33-11-12-34-25/h6-10,13-15H,4-5,11-12H2,1-3H3. The summed E-state index contributed by atoms with van der Waals surface area (Å²) in [5.74, 6) is 1.11. The van der Waals surface area contributed by atoms with E-state index in [9.17, 15) is 4.79 Å². The van der Waals surface area contributed by atoms with Crippen LogP contribution in [0.2, 0.25) is 0 Å². The van der Waals surface area contributed by atoms with Crippen molar-refractivity contribution in [2.75, 3.05) is 19.8 Å². The molecule has 0 spiro atoms. The summed E-state index contributed by atoms with van der Waals surface area (Å²) >= 11 is 1.59. The predicted molar refractivity (Wildman–Crippen MR) is 135 cm³/mol. The molecule has 4 aromatic heterocycles. The maximum Gasteiger partial charge on any atom is 0.338 e. The molecule has 0 fully saturated rings. The van der Waals surface area contributed by atoms with Crippen molar-refractivity contribution in [2.45, 2.75) is 27.2 Å². The first-order valence-corrected chi connectivity index (χ1v) is 12.4. The normalized spacial score (nSPS) is 12.4. The molecule has 0 saturated carbocycles. The Bertz CT molecular complexity index is 1400. The molecule has 0 atom stereocenters. The number of pyridine rings is 3. The van der Waals surface area contributed by atoms with Crippen LogP contribution in [0.15, 0.2) is 48.7 Å². The maximum absolute atomic E-state index is 12.7. The van der Waals surface area contributed by atoms with Gasteiger partial charge < -0.3 is 14.2 Å². The summed E-state index contributed by atoms with van der Waals surface area (Å²) in [6.07, 6.45) is 2.63. The summed E-state index contributed by atoms with van der Waals surface area (Å²) in [6.45, 7) is 7.22. The van der Waals surface area contributed by atoms with E-state index in [2.05, 4.69) is 11.9 Å². The first-order chi connectivity index (χ1) is 17.1. The Balaban J connectivity index is 1.61. The molecule has 0 amide bonds. The fourth-order valence-corrected chi connectivity index (χ4v) is 4.94. The molecule has 178 valence electrons. The Morgan fingerprint density at radius 2 is 1.66 bits per heavy atom. The largest absolute Gasteiger partial charge is 0.485 e. The number of carbonyl (C=O) groups excluding carboxylic acids is 1. The fourth-order valence-electron chi connectivity index (χ4n) is 3.93. The number of ether oxygens (including phenoxy) is 3. The number of hydrogen-bond donors (Lipinski definition) is 0. The van der Waals surface area contributed by atoms with E-state index in [0.717, 1.165) is 38.9 Å². The number of aromatic nitrogens is 3. The van der Waals surface area contributed by atoms with Gasteiger partial charge in [0.15, 0.2) is 11.5 Å². The third kappa shape index (κ3) is 4.61. The van der Waals surface area contributed by atoms with Gasteiger partial charge in [-0.1, -0.05) is 13.0 Å². The molecule has 0 saturated heterocycles. The Morgan fingerprint density at radius 3 is 2.43 bits per heavy atom. The first-order valence-electron chi connectivity index (χ1n) is 11.6. The van der Waals surface area contributed by atoms with Crippen molar-refractivity contribution in [1.82, 2.24) is 15.0 Å². The molecule has 1 aliphatic rings. The number of esters is 1. The van der Waals surface area contributed by atoms with Gasteiger partial charge in [0.05, 0.1) is 45.5 Å². The Kier molecular flexibility index (Phi) is 6.46. The van der Waals surface area contributed by atoms with E-state index in [-0.39, 0.29) is 6.61 Å². The van der Waals surface area contributed by atoms with Crippen LogP contribution in [-0.4, -0.2) is 40.7 Å². The second kappa shape index (κ2) is 9.84. The lowest BCUT2D eigenvalue weighted by atomic mass is 10.1. The van der Waals surface area contributed by atoms with Crippen molar-refractivity contribution in [2.24, 2.45) is 0 Å². The number of carbonyl (C=O) groups is 1. The number of nitrogens with zero attached hydrogens (tertiary/aromatic N) is 3. The summed E-state index contributed by atoms with van der Waals surface area (Å²) < 4.78 is 17.0. The molecule has 0 aliphatic carbocycles. The fraction of sp³-hybridized carbons (Fsp3) is 0.259. The summed E-state index contributed by atoms with van der Waals surface area (Å²) in [6, 6.07) is 13.1. The zero-order chi connectivity index (χ0) is 24.4. The van der Waals surface area contributed by atoms with E-state index < -0.39 is 5.97 Å². The van der Waals surface area contributed by atoms with Gasteiger partial charge in [-0.05, 0) is 62.2 Å². The van der Waals surface area contributed by atoms with Gasteiger partial charge in [0.25, 0.3) is 0 Å². The third-order valence-corrected chi connectivity index (χ3v) is 6.73. The highest BCUT2D eigenvalue weighted by Crippen LogP contribution is 2.48. The van der Waals surface area contributed by atoms with Crippen LogP contribution in [0.3, 0.4) is 0 Å². The van der Waals surface area contributed by atoms with Crippen molar-refractivity contribution >= 4 is 17.3 Å². The van der Waals surface area contributed by atoms with Crippen molar-refractivity contribution in [3.8, 4) is 44.8 Å². The number of aryl methyl sites for hydroxylation is 2. The minimum Gasteiger partial charge on any atom is -0.485 e. The molecule has 0 N–H and O–H groups in total. The summed E-state index contributed by atoms with van der Waals surface area (Å²) in [5, 5.41) is 0. The molecule has 1 aliphatic heterocycles. The maximum atomic E-state index is 12.7. The van der Waals surface area contributed by atoms with Crippen molar-refractivity contribution in [3.63, 3.8) is 0 Å². The lowest BCUT2D eigenvalue weighted by Crippen LogP contribution is -2.14. The summed E-state index contributed by atoms with van der Waals surface area (Å²) in [7, 11) is 0. The van der Waals surface area contributed by atoms with Gasteiger partial charge in [-0.2, -0.15) is 0 Å².